The zero-order chi connectivity index (χ0) is 10.7. The van der Waals surface area contributed by atoms with Crippen molar-refractivity contribution in [3.05, 3.63) is 78.0 Å². The minimum absolute atomic E-state index is 0.146. The third-order valence-electron chi connectivity index (χ3n) is 2.34. The molecule has 0 amide bonds. The second kappa shape index (κ2) is 4.26. The first-order valence-corrected chi connectivity index (χ1v) is 4.90. The molecule has 0 spiro atoms. The van der Waals surface area contributed by atoms with Crippen molar-refractivity contribution in [3.8, 4) is 0 Å². The number of rotatable bonds is 2. The van der Waals surface area contributed by atoms with Crippen molar-refractivity contribution in [1.29, 1.82) is 0 Å². The molecule has 2 rings (SSSR count). The lowest BCUT2D eigenvalue weighted by Crippen LogP contribution is -1.92. The summed E-state index contributed by atoms with van der Waals surface area (Å²) in [4.78, 5) is 0. The van der Waals surface area contributed by atoms with Crippen molar-refractivity contribution in [1.82, 2.24) is 0 Å². The molecule has 0 aromatic heterocycles. The van der Waals surface area contributed by atoms with Crippen molar-refractivity contribution >= 4 is 0 Å². The average Bonchev–Trinajstić information content (AvgIpc) is 2.22. The van der Waals surface area contributed by atoms with Gasteiger partial charge in [0.2, 0.25) is 0 Å². The van der Waals surface area contributed by atoms with Gasteiger partial charge in [-0.2, -0.15) is 0 Å². The van der Waals surface area contributed by atoms with Gasteiger partial charge in [0.25, 0.3) is 0 Å². The van der Waals surface area contributed by atoms with Crippen LogP contribution in [0, 0.1) is 12.7 Å². The maximum Gasteiger partial charge on any atom is 0.126 e. The van der Waals surface area contributed by atoms with Gasteiger partial charge >= 0.3 is 0 Å². The van der Waals surface area contributed by atoms with Gasteiger partial charge in [-0.3, -0.25) is 0 Å². The lowest BCUT2D eigenvalue weighted by Gasteiger charge is -2.03. The zero-order valence-electron chi connectivity index (χ0n) is 8.41. The number of hydrogen-bond acceptors (Lipinski definition) is 0. The van der Waals surface area contributed by atoms with E-state index in [9.17, 15) is 4.39 Å². The monoisotopic (exact) mass is 199 g/mol. The highest BCUT2D eigenvalue weighted by Gasteiger charge is 2.01. The van der Waals surface area contributed by atoms with Gasteiger partial charge in [-0.05, 0) is 29.7 Å². The van der Waals surface area contributed by atoms with Crippen molar-refractivity contribution in [2.45, 2.75) is 6.42 Å². The lowest BCUT2D eigenvalue weighted by atomic mass is 10.0. The molecular weight excluding hydrogens is 187 g/mol. The van der Waals surface area contributed by atoms with E-state index in [1.807, 2.05) is 36.4 Å². The van der Waals surface area contributed by atoms with E-state index in [1.165, 1.54) is 6.07 Å². The van der Waals surface area contributed by atoms with Crippen molar-refractivity contribution < 1.29 is 4.39 Å². The van der Waals surface area contributed by atoms with Crippen LogP contribution in [0.1, 0.15) is 16.7 Å². The first kappa shape index (κ1) is 9.91. The first-order valence-electron chi connectivity index (χ1n) is 4.90. The topological polar surface area (TPSA) is 0 Å². The minimum Gasteiger partial charge on any atom is -0.207 e. The molecule has 0 atom stereocenters. The molecule has 0 aliphatic heterocycles. The van der Waals surface area contributed by atoms with Gasteiger partial charge < -0.3 is 0 Å². The molecule has 0 nitrogen and oxygen atoms in total. The van der Waals surface area contributed by atoms with Gasteiger partial charge in [0.05, 0.1) is 0 Å². The largest absolute Gasteiger partial charge is 0.207 e. The van der Waals surface area contributed by atoms with E-state index >= 15 is 0 Å². The predicted molar refractivity (Wildman–Crippen MR) is 60.1 cm³/mol. The molecule has 1 radical (unpaired) electrons. The first-order chi connectivity index (χ1) is 7.25. The van der Waals surface area contributed by atoms with Gasteiger partial charge in [0, 0.05) is 6.42 Å². The van der Waals surface area contributed by atoms with Gasteiger partial charge in [0.1, 0.15) is 5.82 Å². The van der Waals surface area contributed by atoms with Crippen LogP contribution in [0.4, 0.5) is 4.39 Å². The molecule has 0 heterocycles. The summed E-state index contributed by atoms with van der Waals surface area (Å²) in [7, 11) is 0. The summed E-state index contributed by atoms with van der Waals surface area (Å²) in [6, 6.07) is 14.7. The van der Waals surface area contributed by atoms with E-state index in [0.717, 1.165) is 16.7 Å². The van der Waals surface area contributed by atoms with E-state index in [0.29, 0.717) is 6.42 Å². The van der Waals surface area contributed by atoms with E-state index < -0.39 is 0 Å². The molecule has 15 heavy (non-hydrogen) atoms. The molecule has 0 saturated heterocycles. The Labute approximate surface area is 89.4 Å². The molecule has 0 fully saturated rings. The fourth-order valence-electron chi connectivity index (χ4n) is 1.60. The average molecular weight is 199 g/mol. The molecule has 2 aromatic rings. The highest BCUT2D eigenvalue weighted by molar-refractivity contribution is 5.31. The maximum atomic E-state index is 13.4. The summed E-state index contributed by atoms with van der Waals surface area (Å²) in [6.45, 7) is 3.85. The highest BCUT2D eigenvalue weighted by Crippen LogP contribution is 2.13. The molecule has 0 aliphatic carbocycles. The second-order valence-corrected chi connectivity index (χ2v) is 3.59. The van der Waals surface area contributed by atoms with Crippen LogP contribution in [-0.4, -0.2) is 0 Å². The molecule has 75 valence electrons. The Morgan fingerprint density at radius 3 is 2.53 bits per heavy atom. The van der Waals surface area contributed by atoms with Crippen LogP contribution in [0.2, 0.25) is 0 Å². The quantitative estimate of drug-likeness (QED) is 0.693. The van der Waals surface area contributed by atoms with E-state index in [-0.39, 0.29) is 5.82 Å². The Morgan fingerprint density at radius 1 is 1.00 bits per heavy atom. The van der Waals surface area contributed by atoms with E-state index in [2.05, 4.69) is 6.92 Å². The third-order valence-corrected chi connectivity index (χ3v) is 2.34. The van der Waals surface area contributed by atoms with Gasteiger partial charge in [-0.25, -0.2) is 4.39 Å². The normalized spacial score (nSPS) is 10.3. The summed E-state index contributed by atoms with van der Waals surface area (Å²) in [5.41, 5.74) is 2.78. The van der Waals surface area contributed by atoms with E-state index in [1.54, 1.807) is 6.07 Å². The Kier molecular flexibility index (Phi) is 2.82. The molecule has 1 heteroatoms. The summed E-state index contributed by atoms with van der Waals surface area (Å²) in [5.74, 6) is -0.146. The number of benzene rings is 2. The van der Waals surface area contributed by atoms with Crippen LogP contribution in [0.3, 0.4) is 0 Å². The van der Waals surface area contributed by atoms with Crippen molar-refractivity contribution in [3.63, 3.8) is 0 Å². The molecule has 0 aliphatic rings. The van der Waals surface area contributed by atoms with Crippen LogP contribution < -0.4 is 0 Å². The summed E-state index contributed by atoms with van der Waals surface area (Å²) < 4.78 is 13.4. The van der Waals surface area contributed by atoms with Crippen LogP contribution >= 0.6 is 0 Å². The van der Waals surface area contributed by atoms with Crippen molar-refractivity contribution in [2.24, 2.45) is 0 Å². The smallest absolute Gasteiger partial charge is 0.126 e. The standard InChI is InChI=1S/C14H12F/c1-11-5-4-6-12(9-11)10-13-7-2-3-8-14(13)15/h2-9H,1,10H2. The molecule has 2 aromatic carbocycles. The number of halogens is 1. The number of hydrogen-bond donors (Lipinski definition) is 0. The zero-order valence-corrected chi connectivity index (χ0v) is 8.41. The van der Waals surface area contributed by atoms with Crippen LogP contribution in [-0.2, 0) is 6.42 Å². The SMILES string of the molecule is [CH2]c1cccc(Cc2ccccc2F)c1. The van der Waals surface area contributed by atoms with E-state index in [4.69, 9.17) is 0 Å². The Bertz CT molecular complexity index is 460. The summed E-state index contributed by atoms with van der Waals surface area (Å²) >= 11 is 0. The fraction of sp³-hybridized carbons (Fsp3) is 0.0714. The van der Waals surface area contributed by atoms with Gasteiger partial charge in [-0.1, -0.05) is 42.5 Å². The van der Waals surface area contributed by atoms with Gasteiger partial charge in [-0.15, -0.1) is 0 Å². The second-order valence-electron chi connectivity index (χ2n) is 3.59. The molecule has 0 saturated carbocycles. The Hall–Kier alpha value is -1.63. The highest BCUT2D eigenvalue weighted by atomic mass is 19.1. The third kappa shape index (κ3) is 2.44. The maximum absolute atomic E-state index is 13.4. The van der Waals surface area contributed by atoms with Crippen LogP contribution in [0.15, 0.2) is 48.5 Å². The van der Waals surface area contributed by atoms with Crippen LogP contribution in [0.5, 0.6) is 0 Å². The Balaban J connectivity index is 2.26. The minimum atomic E-state index is -0.146. The molecule has 0 bridgehead atoms. The van der Waals surface area contributed by atoms with Crippen LogP contribution in [0.25, 0.3) is 0 Å². The molecular formula is C14H12F. The summed E-state index contributed by atoms with van der Waals surface area (Å²) in [5, 5.41) is 0. The van der Waals surface area contributed by atoms with Gasteiger partial charge in [0.15, 0.2) is 0 Å². The fourth-order valence-corrected chi connectivity index (χ4v) is 1.60. The lowest BCUT2D eigenvalue weighted by molar-refractivity contribution is 0.614. The molecule has 0 unspecified atom stereocenters. The van der Waals surface area contributed by atoms with Crippen molar-refractivity contribution in [2.75, 3.05) is 0 Å². The Morgan fingerprint density at radius 2 is 1.80 bits per heavy atom. The predicted octanol–water partition coefficient (Wildman–Crippen LogP) is 3.60. The molecule has 0 N–H and O–H groups in total. The summed E-state index contributed by atoms with van der Waals surface area (Å²) in [6.07, 6.45) is 0.621.